The van der Waals surface area contributed by atoms with Crippen molar-refractivity contribution in [2.45, 2.75) is 24.2 Å². The molecule has 2 aromatic rings. The summed E-state index contributed by atoms with van der Waals surface area (Å²) in [6.45, 7) is 0.390. The van der Waals surface area contributed by atoms with Crippen LogP contribution in [0.4, 0.5) is 18.9 Å². The van der Waals surface area contributed by atoms with Gasteiger partial charge < -0.3 is 15.0 Å². The van der Waals surface area contributed by atoms with Crippen molar-refractivity contribution in [2.24, 2.45) is 5.14 Å². The molecule has 0 atom stereocenters. The van der Waals surface area contributed by atoms with E-state index >= 15 is 0 Å². The van der Waals surface area contributed by atoms with Gasteiger partial charge in [0.15, 0.2) is 0 Å². The fourth-order valence-corrected chi connectivity index (χ4v) is 3.05. The number of para-hydroxylation sites is 1. The van der Waals surface area contributed by atoms with Crippen molar-refractivity contribution in [3.05, 3.63) is 54.1 Å². The second kappa shape index (κ2) is 9.25. The summed E-state index contributed by atoms with van der Waals surface area (Å²) in [5.41, 5.74) is 0.599. The Balaban J connectivity index is 1.92. The standard InChI is InChI=1S/C18H20F3N3O4S/c1-24(12-13-5-2-3-8-16(13)28-18(19,20)21)10-9-17(25)23-14-6-4-7-15(11-14)29(22,26)27/h2-8,11H,9-10,12H2,1H3,(H,23,25)(H2,22,26,27). The number of nitrogens with two attached hydrogens (primary N) is 1. The van der Waals surface area contributed by atoms with Crippen LogP contribution < -0.4 is 15.2 Å². The molecule has 0 aliphatic rings. The molecule has 0 saturated carbocycles. The highest BCUT2D eigenvalue weighted by molar-refractivity contribution is 7.89. The first-order valence-electron chi connectivity index (χ1n) is 8.39. The van der Waals surface area contributed by atoms with E-state index in [0.29, 0.717) is 5.56 Å². The molecular weight excluding hydrogens is 411 g/mol. The molecule has 158 valence electrons. The van der Waals surface area contributed by atoms with Crippen molar-refractivity contribution in [3.8, 4) is 5.75 Å². The monoisotopic (exact) mass is 431 g/mol. The highest BCUT2D eigenvalue weighted by Crippen LogP contribution is 2.27. The number of primary sulfonamides is 1. The van der Waals surface area contributed by atoms with E-state index in [1.54, 1.807) is 18.0 Å². The van der Waals surface area contributed by atoms with Gasteiger partial charge in [0.2, 0.25) is 15.9 Å². The van der Waals surface area contributed by atoms with E-state index in [1.165, 1.54) is 42.5 Å². The summed E-state index contributed by atoms with van der Waals surface area (Å²) in [6, 6.07) is 11.3. The molecule has 0 spiro atoms. The van der Waals surface area contributed by atoms with Gasteiger partial charge in [0, 0.05) is 30.8 Å². The van der Waals surface area contributed by atoms with Crippen LogP contribution in [0.5, 0.6) is 5.75 Å². The highest BCUT2D eigenvalue weighted by atomic mass is 32.2. The van der Waals surface area contributed by atoms with Crippen LogP contribution in [0.3, 0.4) is 0 Å². The van der Waals surface area contributed by atoms with Crippen LogP contribution in [0.15, 0.2) is 53.4 Å². The topological polar surface area (TPSA) is 102 Å². The third-order valence-electron chi connectivity index (χ3n) is 3.81. The van der Waals surface area contributed by atoms with E-state index in [2.05, 4.69) is 10.1 Å². The lowest BCUT2D eigenvalue weighted by Crippen LogP contribution is -2.25. The van der Waals surface area contributed by atoms with Gasteiger partial charge in [-0.05, 0) is 31.3 Å². The average molecular weight is 431 g/mol. The fourth-order valence-electron chi connectivity index (χ4n) is 2.50. The normalized spacial score (nSPS) is 12.1. The number of anilines is 1. The SMILES string of the molecule is CN(CCC(=O)Nc1cccc(S(N)(=O)=O)c1)Cc1ccccc1OC(F)(F)F. The molecule has 0 saturated heterocycles. The fraction of sp³-hybridized carbons (Fsp3) is 0.278. The number of benzene rings is 2. The van der Waals surface area contributed by atoms with Crippen molar-refractivity contribution in [1.82, 2.24) is 4.90 Å². The Morgan fingerprint density at radius 1 is 1.17 bits per heavy atom. The summed E-state index contributed by atoms with van der Waals surface area (Å²) < 4.78 is 64.2. The summed E-state index contributed by atoms with van der Waals surface area (Å²) in [6.07, 6.45) is -4.75. The lowest BCUT2D eigenvalue weighted by molar-refractivity contribution is -0.275. The molecule has 2 aromatic carbocycles. The first-order chi connectivity index (χ1) is 13.4. The molecular formula is C18H20F3N3O4S. The van der Waals surface area contributed by atoms with Crippen LogP contribution >= 0.6 is 0 Å². The number of amides is 1. The number of carbonyl (C=O) groups excluding carboxylic acids is 1. The van der Waals surface area contributed by atoms with E-state index in [1.807, 2.05) is 0 Å². The van der Waals surface area contributed by atoms with Gasteiger partial charge in [0.25, 0.3) is 0 Å². The second-order valence-corrected chi connectivity index (χ2v) is 7.83. The molecule has 0 unspecified atom stereocenters. The number of alkyl halides is 3. The Kier molecular flexibility index (Phi) is 7.22. The third-order valence-corrected chi connectivity index (χ3v) is 4.72. The zero-order valence-corrected chi connectivity index (χ0v) is 16.3. The smallest absolute Gasteiger partial charge is 0.405 e. The number of hydrogen-bond donors (Lipinski definition) is 2. The Morgan fingerprint density at radius 2 is 1.86 bits per heavy atom. The van der Waals surface area contributed by atoms with Gasteiger partial charge in [-0.2, -0.15) is 0 Å². The lowest BCUT2D eigenvalue weighted by atomic mass is 10.2. The maximum Gasteiger partial charge on any atom is 0.573 e. The summed E-state index contributed by atoms with van der Waals surface area (Å²) >= 11 is 0. The molecule has 29 heavy (non-hydrogen) atoms. The molecule has 0 heterocycles. The number of nitrogens with one attached hydrogen (secondary N) is 1. The molecule has 2 rings (SSSR count). The molecule has 0 radical (unpaired) electrons. The predicted octanol–water partition coefficient (Wildman–Crippen LogP) is 2.69. The van der Waals surface area contributed by atoms with E-state index < -0.39 is 16.4 Å². The minimum atomic E-state index is -4.79. The number of carbonyl (C=O) groups is 1. The van der Waals surface area contributed by atoms with Crippen molar-refractivity contribution in [1.29, 1.82) is 0 Å². The number of nitrogens with zero attached hydrogens (tertiary/aromatic N) is 1. The van der Waals surface area contributed by atoms with E-state index in [0.717, 1.165) is 0 Å². The molecule has 0 bridgehead atoms. The van der Waals surface area contributed by atoms with Gasteiger partial charge in [0.05, 0.1) is 4.90 Å². The minimum absolute atomic E-state index is 0.0401. The first-order valence-corrected chi connectivity index (χ1v) is 9.93. The quantitative estimate of drug-likeness (QED) is 0.669. The summed E-state index contributed by atoms with van der Waals surface area (Å²) in [7, 11) is -2.24. The van der Waals surface area contributed by atoms with Gasteiger partial charge in [-0.3, -0.25) is 4.79 Å². The Bertz CT molecular complexity index is 965. The molecule has 0 fully saturated rings. The van der Waals surface area contributed by atoms with E-state index in [-0.39, 0.29) is 41.7 Å². The zero-order valence-electron chi connectivity index (χ0n) is 15.4. The predicted molar refractivity (Wildman–Crippen MR) is 101 cm³/mol. The highest BCUT2D eigenvalue weighted by Gasteiger charge is 2.32. The van der Waals surface area contributed by atoms with E-state index in [4.69, 9.17) is 5.14 Å². The van der Waals surface area contributed by atoms with Crippen LogP contribution in [-0.2, 0) is 21.4 Å². The Morgan fingerprint density at radius 3 is 2.52 bits per heavy atom. The molecule has 3 N–H and O–H groups in total. The average Bonchev–Trinajstić information content (AvgIpc) is 2.60. The first kappa shape index (κ1) is 22.7. The molecule has 0 aromatic heterocycles. The third kappa shape index (κ3) is 7.72. The van der Waals surface area contributed by atoms with Crippen molar-refractivity contribution >= 4 is 21.6 Å². The zero-order chi connectivity index (χ0) is 21.7. The van der Waals surface area contributed by atoms with Crippen LogP contribution in [0.25, 0.3) is 0 Å². The van der Waals surface area contributed by atoms with Crippen molar-refractivity contribution < 1.29 is 31.1 Å². The van der Waals surface area contributed by atoms with Gasteiger partial charge in [0.1, 0.15) is 5.75 Å². The lowest BCUT2D eigenvalue weighted by Gasteiger charge is -2.19. The Labute approximate surface area is 166 Å². The maximum atomic E-state index is 12.5. The van der Waals surface area contributed by atoms with Gasteiger partial charge >= 0.3 is 6.36 Å². The van der Waals surface area contributed by atoms with Crippen LogP contribution in [0.2, 0.25) is 0 Å². The summed E-state index contributed by atoms with van der Waals surface area (Å²) in [5.74, 6) is -0.681. The molecule has 0 aliphatic heterocycles. The largest absolute Gasteiger partial charge is 0.573 e. The number of rotatable bonds is 8. The van der Waals surface area contributed by atoms with Crippen molar-refractivity contribution in [2.75, 3.05) is 18.9 Å². The number of halogens is 3. The summed E-state index contributed by atoms with van der Waals surface area (Å²) in [5, 5.41) is 7.61. The van der Waals surface area contributed by atoms with Crippen LogP contribution in [-0.4, -0.2) is 39.2 Å². The molecule has 7 nitrogen and oxygen atoms in total. The molecule has 0 aliphatic carbocycles. The molecule has 11 heteroatoms. The number of sulfonamides is 1. The number of hydrogen-bond acceptors (Lipinski definition) is 5. The van der Waals surface area contributed by atoms with Crippen LogP contribution in [0, 0.1) is 0 Å². The van der Waals surface area contributed by atoms with Crippen molar-refractivity contribution in [3.63, 3.8) is 0 Å². The molecule has 1 amide bonds. The maximum absolute atomic E-state index is 12.5. The van der Waals surface area contributed by atoms with Gasteiger partial charge in [-0.25, -0.2) is 13.6 Å². The van der Waals surface area contributed by atoms with Gasteiger partial charge in [-0.1, -0.05) is 24.3 Å². The van der Waals surface area contributed by atoms with E-state index in [9.17, 15) is 26.4 Å². The number of ether oxygens (including phenoxy) is 1. The summed E-state index contributed by atoms with van der Waals surface area (Å²) in [4.78, 5) is 13.6. The second-order valence-electron chi connectivity index (χ2n) is 6.26. The Hall–Kier alpha value is -2.63. The minimum Gasteiger partial charge on any atom is -0.405 e. The van der Waals surface area contributed by atoms with Gasteiger partial charge in [-0.15, -0.1) is 13.2 Å². The van der Waals surface area contributed by atoms with Crippen LogP contribution in [0.1, 0.15) is 12.0 Å².